The minimum absolute atomic E-state index is 0.170. The molecule has 0 aliphatic carbocycles. The third-order valence-corrected chi connectivity index (χ3v) is 3.56. The number of nitrogens with one attached hydrogen (secondary N) is 2. The van der Waals surface area contributed by atoms with E-state index in [2.05, 4.69) is 26.6 Å². The highest BCUT2D eigenvalue weighted by Crippen LogP contribution is 2.16. The molecule has 0 saturated heterocycles. The second-order valence-electron chi connectivity index (χ2n) is 5.90. The second-order valence-corrected chi connectivity index (χ2v) is 6.81. The monoisotopic (exact) mass is 355 g/mol. The lowest BCUT2D eigenvalue weighted by Crippen LogP contribution is -2.49. The van der Waals surface area contributed by atoms with Crippen molar-refractivity contribution in [3.05, 3.63) is 34.3 Å². The zero-order valence-corrected chi connectivity index (χ0v) is 14.2. The van der Waals surface area contributed by atoms with Crippen LogP contribution in [0.3, 0.4) is 0 Å². The van der Waals surface area contributed by atoms with Crippen LogP contribution in [0.15, 0.2) is 28.7 Å². The number of carbonyl (C=O) groups is 2. The fourth-order valence-electron chi connectivity index (χ4n) is 1.57. The first-order valence-electron chi connectivity index (χ1n) is 6.79. The Balaban J connectivity index is 2.33. The maximum Gasteiger partial charge on any atom is 0.251 e. The van der Waals surface area contributed by atoms with Crippen molar-refractivity contribution in [2.45, 2.75) is 26.8 Å². The summed E-state index contributed by atoms with van der Waals surface area (Å²) in [6.45, 7) is 6.44. The number of benzene rings is 1. The fraction of sp³-hybridized carbons (Fsp3) is 0.467. The van der Waals surface area contributed by atoms with Gasteiger partial charge in [0, 0.05) is 23.1 Å². The molecule has 2 amide bonds. The number of hydrogen-bond donors (Lipinski definition) is 3. The lowest BCUT2D eigenvalue weighted by atomic mass is 9.87. The van der Waals surface area contributed by atoms with Gasteiger partial charge in [-0.2, -0.15) is 0 Å². The van der Waals surface area contributed by atoms with Gasteiger partial charge < -0.3 is 16.4 Å². The van der Waals surface area contributed by atoms with E-state index in [4.69, 9.17) is 5.73 Å². The molecule has 116 valence electrons. The molecule has 6 heteroatoms. The molecule has 4 N–H and O–H groups in total. The molecule has 0 aliphatic heterocycles. The molecule has 0 radical (unpaired) electrons. The van der Waals surface area contributed by atoms with Crippen LogP contribution in [0.1, 0.15) is 31.1 Å². The molecule has 1 aromatic carbocycles. The van der Waals surface area contributed by atoms with Crippen molar-refractivity contribution in [3.63, 3.8) is 0 Å². The van der Waals surface area contributed by atoms with E-state index in [-0.39, 0.29) is 17.2 Å². The largest absolute Gasteiger partial charge is 0.353 e. The Bertz CT molecular complexity index is 495. The molecule has 0 fully saturated rings. The lowest BCUT2D eigenvalue weighted by Gasteiger charge is -2.25. The zero-order valence-electron chi connectivity index (χ0n) is 12.6. The number of halogens is 1. The predicted molar refractivity (Wildman–Crippen MR) is 86.9 cm³/mol. The van der Waals surface area contributed by atoms with Crippen LogP contribution in [0.5, 0.6) is 0 Å². The van der Waals surface area contributed by atoms with Crippen LogP contribution in [0.25, 0.3) is 0 Å². The van der Waals surface area contributed by atoms with Crippen LogP contribution in [-0.2, 0) is 4.79 Å². The Hall–Kier alpha value is -1.40. The van der Waals surface area contributed by atoms with E-state index in [9.17, 15) is 9.59 Å². The molecule has 0 saturated carbocycles. The molecule has 0 spiro atoms. The van der Waals surface area contributed by atoms with Crippen molar-refractivity contribution in [2.75, 3.05) is 13.1 Å². The molecule has 0 bridgehead atoms. The topological polar surface area (TPSA) is 84.2 Å². The molecule has 0 aliphatic rings. The summed E-state index contributed by atoms with van der Waals surface area (Å²) < 4.78 is 0.919. The molecule has 1 rings (SSSR count). The van der Waals surface area contributed by atoms with Crippen molar-refractivity contribution in [1.82, 2.24) is 10.6 Å². The van der Waals surface area contributed by atoms with Crippen molar-refractivity contribution in [2.24, 2.45) is 11.1 Å². The van der Waals surface area contributed by atoms with Gasteiger partial charge in [-0.3, -0.25) is 9.59 Å². The number of rotatable bonds is 5. The predicted octanol–water partition coefficient (Wildman–Crippen LogP) is 1.67. The van der Waals surface area contributed by atoms with Crippen molar-refractivity contribution in [1.29, 1.82) is 0 Å². The molecular weight excluding hydrogens is 334 g/mol. The van der Waals surface area contributed by atoms with Crippen LogP contribution in [-0.4, -0.2) is 30.9 Å². The summed E-state index contributed by atoms with van der Waals surface area (Å²) in [5, 5.41) is 5.46. The summed E-state index contributed by atoms with van der Waals surface area (Å²) in [7, 11) is 0. The smallest absolute Gasteiger partial charge is 0.251 e. The van der Waals surface area contributed by atoms with Crippen LogP contribution in [0.4, 0.5) is 0 Å². The highest BCUT2D eigenvalue weighted by atomic mass is 79.9. The molecule has 1 aromatic rings. The van der Waals surface area contributed by atoms with Gasteiger partial charge in [-0.15, -0.1) is 0 Å². The summed E-state index contributed by atoms with van der Waals surface area (Å²) in [6.07, 6.45) is 0. The first-order chi connectivity index (χ1) is 9.71. The molecule has 0 aromatic heterocycles. The van der Waals surface area contributed by atoms with Crippen LogP contribution < -0.4 is 16.4 Å². The average molecular weight is 356 g/mol. The summed E-state index contributed by atoms with van der Waals surface area (Å²) in [5.74, 6) is -0.378. The van der Waals surface area contributed by atoms with Crippen LogP contribution in [0.2, 0.25) is 0 Å². The highest BCUT2D eigenvalue weighted by molar-refractivity contribution is 9.10. The SMILES string of the molecule is CC(C)(C)[C@H](N)C(=O)NCCNC(=O)c1ccc(Br)cc1. The summed E-state index contributed by atoms with van der Waals surface area (Å²) in [5.41, 5.74) is 6.13. The number of nitrogens with two attached hydrogens (primary N) is 1. The lowest BCUT2D eigenvalue weighted by molar-refractivity contribution is -0.124. The minimum atomic E-state index is -0.570. The van der Waals surface area contributed by atoms with E-state index in [0.29, 0.717) is 18.7 Å². The van der Waals surface area contributed by atoms with E-state index >= 15 is 0 Å². The van der Waals surface area contributed by atoms with E-state index in [1.54, 1.807) is 24.3 Å². The molecule has 0 unspecified atom stereocenters. The van der Waals surface area contributed by atoms with Gasteiger partial charge in [0.15, 0.2) is 0 Å². The van der Waals surface area contributed by atoms with Gasteiger partial charge in [0.2, 0.25) is 5.91 Å². The van der Waals surface area contributed by atoms with Gasteiger partial charge in [0.1, 0.15) is 0 Å². The Morgan fingerprint density at radius 2 is 1.67 bits per heavy atom. The standard InChI is InChI=1S/C15H22BrN3O2/c1-15(2,3)12(17)14(21)19-9-8-18-13(20)10-4-6-11(16)7-5-10/h4-7,12H,8-9,17H2,1-3H3,(H,18,20)(H,19,21)/t12-/m1/s1. The normalized spacial score (nSPS) is 12.6. The van der Waals surface area contributed by atoms with Gasteiger partial charge in [0.05, 0.1) is 6.04 Å². The zero-order chi connectivity index (χ0) is 16.0. The molecule has 1 atom stereocenters. The highest BCUT2D eigenvalue weighted by Gasteiger charge is 2.26. The van der Waals surface area contributed by atoms with Gasteiger partial charge >= 0.3 is 0 Å². The fourth-order valence-corrected chi connectivity index (χ4v) is 1.83. The second kappa shape index (κ2) is 7.56. The number of hydrogen-bond acceptors (Lipinski definition) is 3. The Morgan fingerprint density at radius 3 is 2.19 bits per heavy atom. The Kier molecular flexibility index (Phi) is 6.36. The van der Waals surface area contributed by atoms with Gasteiger partial charge in [-0.1, -0.05) is 36.7 Å². The van der Waals surface area contributed by atoms with Crippen LogP contribution >= 0.6 is 15.9 Å². The van der Waals surface area contributed by atoms with E-state index in [1.165, 1.54) is 0 Å². The van der Waals surface area contributed by atoms with E-state index in [0.717, 1.165) is 4.47 Å². The Morgan fingerprint density at radius 1 is 1.14 bits per heavy atom. The molecule has 0 heterocycles. The molecule has 21 heavy (non-hydrogen) atoms. The first-order valence-corrected chi connectivity index (χ1v) is 7.58. The van der Waals surface area contributed by atoms with Gasteiger partial charge in [0.25, 0.3) is 5.91 Å². The van der Waals surface area contributed by atoms with Gasteiger partial charge in [-0.05, 0) is 29.7 Å². The maximum atomic E-state index is 11.8. The Labute approximate surface area is 133 Å². The van der Waals surface area contributed by atoms with Crippen LogP contribution in [0, 0.1) is 5.41 Å². The van der Waals surface area contributed by atoms with Gasteiger partial charge in [-0.25, -0.2) is 0 Å². The minimum Gasteiger partial charge on any atom is -0.353 e. The average Bonchev–Trinajstić information content (AvgIpc) is 2.42. The quantitative estimate of drug-likeness (QED) is 0.702. The molecular formula is C15H22BrN3O2. The summed E-state index contributed by atoms with van der Waals surface area (Å²) >= 11 is 3.31. The van der Waals surface area contributed by atoms with Crippen molar-refractivity contribution >= 4 is 27.7 Å². The number of amides is 2. The third-order valence-electron chi connectivity index (χ3n) is 3.03. The molecule has 5 nitrogen and oxygen atoms in total. The maximum absolute atomic E-state index is 11.8. The van der Waals surface area contributed by atoms with E-state index in [1.807, 2.05) is 20.8 Å². The number of carbonyl (C=O) groups excluding carboxylic acids is 2. The van der Waals surface area contributed by atoms with Crippen molar-refractivity contribution in [3.8, 4) is 0 Å². The third kappa shape index (κ3) is 5.85. The van der Waals surface area contributed by atoms with Crippen molar-refractivity contribution < 1.29 is 9.59 Å². The first kappa shape index (κ1) is 17.7. The summed E-state index contributed by atoms with van der Waals surface area (Å²) in [6, 6.07) is 6.50. The van der Waals surface area contributed by atoms with E-state index < -0.39 is 6.04 Å². The summed E-state index contributed by atoms with van der Waals surface area (Å²) in [4.78, 5) is 23.6.